The van der Waals surface area contributed by atoms with E-state index in [1.807, 2.05) is 6.07 Å². The molecule has 1 amide bonds. The van der Waals surface area contributed by atoms with E-state index >= 15 is 0 Å². The van der Waals surface area contributed by atoms with Gasteiger partial charge in [-0.1, -0.05) is 11.6 Å². The molecule has 110 valence electrons. The molecule has 7 heteroatoms. The fourth-order valence-electron chi connectivity index (χ4n) is 1.61. The number of anilines is 1. The number of hydrogen-bond acceptors (Lipinski definition) is 2. The lowest BCUT2D eigenvalue weighted by molar-refractivity contribution is 0.102. The summed E-state index contributed by atoms with van der Waals surface area (Å²) in [6.07, 6.45) is 0. The van der Waals surface area contributed by atoms with E-state index in [1.165, 1.54) is 0 Å². The number of hydrogen-bond donors (Lipinski definition) is 1. The highest BCUT2D eigenvalue weighted by Gasteiger charge is 2.12. The number of carbonyl (C=O) groups excluding carboxylic acids is 1. The van der Waals surface area contributed by atoms with Crippen LogP contribution in [0.3, 0.4) is 0 Å². The molecule has 0 aliphatic rings. The summed E-state index contributed by atoms with van der Waals surface area (Å²) in [7, 11) is 1.57. The summed E-state index contributed by atoms with van der Waals surface area (Å²) < 4.78 is 7.67. The standard InChI is InChI=1S/C14H9Br2ClINO2/c1-21-13-6-12(8(15)5-9(13)16)19-14(20)7-2-3-11(18)10(17)4-7/h2-6H,1H3,(H,19,20). The van der Waals surface area contributed by atoms with Gasteiger partial charge >= 0.3 is 0 Å². The van der Waals surface area contributed by atoms with Crippen LogP contribution in [0.25, 0.3) is 0 Å². The SMILES string of the molecule is COc1cc(NC(=O)c2ccc(I)c(Cl)c2)c(Br)cc1Br. The van der Waals surface area contributed by atoms with Crippen molar-refractivity contribution in [1.82, 2.24) is 0 Å². The van der Waals surface area contributed by atoms with Crippen LogP contribution >= 0.6 is 66.1 Å². The molecule has 0 bridgehead atoms. The minimum atomic E-state index is -0.238. The Morgan fingerprint density at radius 1 is 1.24 bits per heavy atom. The van der Waals surface area contributed by atoms with E-state index < -0.39 is 0 Å². The summed E-state index contributed by atoms with van der Waals surface area (Å²) in [5.74, 6) is 0.396. The van der Waals surface area contributed by atoms with Gasteiger partial charge < -0.3 is 10.1 Å². The van der Waals surface area contributed by atoms with Crippen molar-refractivity contribution >= 4 is 77.6 Å². The van der Waals surface area contributed by atoms with Gasteiger partial charge in [0, 0.05) is 19.7 Å². The first-order chi connectivity index (χ1) is 9.92. The molecule has 1 N–H and O–H groups in total. The quantitative estimate of drug-likeness (QED) is 0.501. The van der Waals surface area contributed by atoms with Crippen LogP contribution in [-0.4, -0.2) is 13.0 Å². The molecular formula is C14H9Br2ClINO2. The highest BCUT2D eigenvalue weighted by atomic mass is 127. The molecule has 0 heterocycles. The summed E-state index contributed by atoms with van der Waals surface area (Å²) in [4.78, 5) is 12.3. The molecule has 3 nitrogen and oxygen atoms in total. The molecule has 0 saturated heterocycles. The summed E-state index contributed by atoms with van der Waals surface area (Å²) in [5, 5.41) is 3.38. The normalized spacial score (nSPS) is 10.3. The molecule has 2 rings (SSSR count). The zero-order chi connectivity index (χ0) is 15.6. The van der Waals surface area contributed by atoms with Crippen molar-refractivity contribution < 1.29 is 9.53 Å². The van der Waals surface area contributed by atoms with Crippen LogP contribution in [0, 0.1) is 3.57 Å². The van der Waals surface area contributed by atoms with E-state index in [-0.39, 0.29) is 5.91 Å². The van der Waals surface area contributed by atoms with Crippen LogP contribution in [0.4, 0.5) is 5.69 Å². The molecule has 0 aliphatic heterocycles. The van der Waals surface area contributed by atoms with Gasteiger partial charge in [-0.2, -0.15) is 0 Å². The fraction of sp³-hybridized carbons (Fsp3) is 0.0714. The number of benzene rings is 2. The van der Waals surface area contributed by atoms with Crippen LogP contribution in [0.1, 0.15) is 10.4 Å². The van der Waals surface area contributed by atoms with E-state index in [9.17, 15) is 4.79 Å². The molecule has 0 saturated carbocycles. The topological polar surface area (TPSA) is 38.3 Å². The van der Waals surface area contributed by atoms with Gasteiger partial charge in [0.1, 0.15) is 5.75 Å². The van der Waals surface area contributed by atoms with E-state index in [0.29, 0.717) is 22.0 Å². The van der Waals surface area contributed by atoms with Gasteiger partial charge in [0.05, 0.1) is 22.3 Å². The van der Waals surface area contributed by atoms with Crippen molar-refractivity contribution in [2.24, 2.45) is 0 Å². The zero-order valence-corrected chi connectivity index (χ0v) is 16.8. The van der Waals surface area contributed by atoms with Crippen molar-refractivity contribution in [3.8, 4) is 5.75 Å². The maximum atomic E-state index is 12.3. The van der Waals surface area contributed by atoms with E-state index in [1.54, 1.807) is 31.4 Å². The second-order valence-corrected chi connectivity index (χ2v) is 7.33. The maximum absolute atomic E-state index is 12.3. The Morgan fingerprint density at radius 3 is 2.57 bits per heavy atom. The Hall–Kier alpha value is -0.310. The Morgan fingerprint density at radius 2 is 1.95 bits per heavy atom. The molecular weight excluding hydrogens is 536 g/mol. The number of carbonyl (C=O) groups is 1. The van der Waals surface area contributed by atoms with Crippen LogP contribution in [0.15, 0.2) is 39.3 Å². The second-order valence-electron chi connectivity index (χ2n) is 4.05. The van der Waals surface area contributed by atoms with Gasteiger partial charge in [0.25, 0.3) is 5.91 Å². The van der Waals surface area contributed by atoms with Gasteiger partial charge in [-0.15, -0.1) is 0 Å². The van der Waals surface area contributed by atoms with Crippen LogP contribution in [-0.2, 0) is 0 Å². The molecule has 2 aromatic rings. The minimum Gasteiger partial charge on any atom is -0.495 e. The molecule has 21 heavy (non-hydrogen) atoms. The maximum Gasteiger partial charge on any atom is 0.255 e. The molecule has 2 aromatic carbocycles. The van der Waals surface area contributed by atoms with Gasteiger partial charge in [0.15, 0.2) is 0 Å². The summed E-state index contributed by atoms with van der Waals surface area (Å²) >= 11 is 14.9. The highest BCUT2D eigenvalue weighted by molar-refractivity contribution is 14.1. The molecule has 0 spiro atoms. The predicted octanol–water partition coefficient (Wildman–Crippen LogP) is 5.73. The largest absolute Gasteiger partial charge is 0.495 e. The number of ether oxygens (including phenoxy) is 1. The van der Waals surface area contributed by atoms with Gasteiger partial charge in [0.2, 0.25) is 0 Å². The summed E-state index contributed by atoms with van der Waals surface area (Å²) in [5.41, 5.74) is 1.11. The molecule has 0 fully saturated rings. The molecule has 0 atom stereocenters. The number of halogens is 4. The van der Waals surface area contributed by atoms with E-state index in [2.05, 4.69) is 59.8 Å². The lowest BCUT2D eigenvalue weighted by Gasteiger charge is -2.11. The van der Waals surface area contributed by atoms with Gasteiger partial charge in [-0.25, -0.2) is 0 Å². The first-order valence-corrected chi connectivity index (χ1v) is 8.76. The monoisotopic (exact) mass is 543 g/mol. The van der Waals surface area contributed by atoms with Crippen molar-refractivity contribution in [1.29, 1.82) is 0 Å². The average Bonchev–Trinajstić information content (AvgIpc) is 2.44. The Labute approximate surface area is 157 Å². The third kappa shape index (κ3) is 4.12. The smallest absolute Gasteiger partial charge is 0.255 e. The number of methoxy groups -OCH3 is 1. The number of rotatable bonds is 3. The first kappa shape index (κ1) is 17.1. The zero-order valence-electron chi connectivity index (χ0n) is 10.7. The van der Waals surface area contributed by atoms with Gasteiger partial charge in [-0.05, 0) is 78.7 Å². The molecule has 0 unspecified atom stereocenters. The summed E-state index contributed by atoms with van der Waals surface area (Å²) in [6, 6.07) is 8.72. The van der Waals surface area contributed by atoms with Gasteiger partial charge in [-0.3, -0.25) is 4.79 Å². The fourth-order valence-corrected chi connectivity index (χ4v) is 3.38. The lowest BCUT2D eigenvalue weighted by Crippen LogP contribution is -2.12. The third-order valence-electron chi connectivity index (χ3n) is 2.67. The highest BCUT2D eigenvalue weighted by Crippen LogP contribution is 2.34. The Bertz CT molecular complexity index is 710. The first-order valence-electron chi connectivity index (χ1n) is 5.72. The van der Waals surface area contributed by atoms with Crippen molar-refractivity contribution in [3.05, 3.63) is 53.4 Å². The minimum absolute atomic E-state index is 0.238. The van der Waals surface area contributed by atoms with Crippen molar-refractivity contribution in [2.75, 3.05) is 12.4 Å². The summed E-state index contributed by atoms with van der Waals surface area (Å²) in [6.45, 7) is 0. The van der Waals surface area contributed by atoms with Crippen LogP contribution < -0.4 is 10.1 Å². The van der Waals surface area contributed by atoms with Crippen LogP contribution in [0.5, 0.6) is 5.75 Å². The lowest BCUT2D eigenvalue weighted by atomic mass is 10.2. The molecule has 0 aromatic heterocycles. The number of amides is 1. The molecule has 0 aliphatic carbocycles. The van der Waals surface area contributed by atoms with Crippen molar-refractivity contribution in [3.63, 3.8) is 0 Å². The molecule has 0 radical (unpaired) electrons. The van der Waals surface area contributed by atoms with E-state index in [0.717, 1.165) is 12.5 Å². The third-order valence-corrected chi connectivity index (χ3v) is 5.52. The Balaban J connectivity index is 2.29. The second kappa shape index (κ2) is 7.30. The van der Waals surface area contributed by atoms with Crippen molar-refractivity contribution in [2.45, 2.75) is 0 Å². The van der Waals surface area contributed by atoms with Crippen LogP contribution in [0.2, 0.25) is 5.02 Å². The van der Waals surface area contributed by atoms with E-state index in [4.69, 9.17) is 16.3 Å². The predicted molar refractivity (Wildman–Crippen MR) is 101 cm³/mol. The Kier molecular flexibility index (Phi) is 5.93. The number of nitrogens with one attached hydrogen (secondary N) is 1. The average molecular weight is 545 g/mol.